The monoisotopic (exact) mass is 370 g/mol. The average molecular weight is 370 g/mol. The van der Waals surface area contributed by atoms with Gasteiger partial charge in [-0.3, -0.25) is 4.79 Å². The number of piperidine rings is 1. The Hall–Kier alpha value is -1.64. The molecule has 0 radical (unpaired) electrons. The fourth-order valence-electron chi connectivity index (χ4n) is 2.93. The number of anilines is 1. The number of benzene rings is 1. The number of carbonyl (C=O) groups is 1. The number of amides is 1. The molecule has 8 heteroatoms. The van der Waals surface area contributed by atoms with Crippen molar-refractivity contribution < 1.29 is 22.8 Å². The van der Waals surface area contributed by atoms with Crippen molar-refractivity contribution in [3.05, 3.63) is 18.2 Å². The molecule has 0 aliphatic carbocycles. The number of methoxy groups -OCH3 is 1. The molecule has 1 amide bonds. The Balaban J connectivity index is 2.11. The van der Waals surface area contributed by atoms with E-state index in [4.69, 9.17) is 4.74 Å². The zero-order valence-electron chi connectivity index (χ0n) is 15.3. The number of likely N-dealkylation sites (tertiary alicyclic amines) is 1. The molecule has 0 spiro atoms. The molecule has 7 nitrogen and oxygen atoms in total. The van der Waals surface area contributed by atoms with Crippen LogP contribution in [-0.2, 0) is 14.8 Å². The minimum absolute atomic E-state index is 0.0388. The van der Waals surface area contributed by atoms with Crippen molar-refractivity contribution in [2.75, 3.05) is 46.2 Å². The highest BCUT2D eigenvalue weighted by Crippen LogP contribution is 2.28. The van der Waals surface area contributed by atoms with Gasteiger partial charge in [-0.25, -0.2) is 12.7 Å². The molecule has 0 saturated carbocycles. The molecule has 0 unspecified atom stereocenters. The fourth-order valence-corrected chi connectivity index (χ4v) is 4.01. The van der Waals surface area contributed by atoms with Gasteiger partial charge in [0.05, 0.1) is 20.2 Å². The summed E-state index contributed by atoms with van der Waals surface area (Å²) >= 11 is 0. The summed E-state index contributed by atoms with van der Waals surface area (Å²) in [6, 6.07) is 4.65. The normalized spacial score (nSPS) is 21.2. The lowest BCUT2D eigenvalue weighted by molar-refractivity contribution is -0.897. The maximum absolute atomic E-state index is 12.4. The van der Waals surface area contributed by atoms with E-state index in [9.17, 15) is 13.2 Å². The lowest BCUT2D eigenvalue weighted by Gasteiger charge is -2.26. The lowest BCUT2D eigenvalue weighted by Crippen LogP contribution is -3.14. The molecule has 1 fully saturated rings. The molecule has 1 aliphatic rings. The van der Waals surface area contributed by atoms with Gasteiger partial charge in [-0.05, 0) is 37.0 Å². The Morgan fingerprint density at radius 3 is 2.52 bits per heavy atom. The summed E-state index contributed by atoms with van der Waals surface area (Å²) < 4.78 is 31.1. The summed E-state index contributed by atoms with van der Waals surface area (Å²) in [6.45, 7) is 4.63. The van der Waals surface area contributed by atoms with E-state index >= 15 is 0 Å². The largest absolute Gasteiger partial charge is 0.495 e. The lowest BCUT2D eigenvalue weighted by atomic mass is 9.99. The SMILES string of the molecule is COc1ccc(NC(=O)C[NH+]2CCC(C)CC2)cc1S(=O)(=O)N(C)C. The molecule has 1 heterocycles. The summed E-state index contributed by atoms with van der Waals surface area (Å²) in [7, 11) is 0.678. The number of nitrogens with zero attached hydrogens (tertiary/aromatic N) is 1. The van der Waals surface area contributed by atoms with Gasteiger partial charge in [-0.1, -0.05) is 6.92 Å². The van der Waals surface area contributed by atoms with Gasteiger partial charge in [0.25, 0.3) is 5.91 Å². The van der Waals surface area contributed by atoms with E-state index in [0.29, 0.717) is 12.2 Å². The van der Waals surface area contributed by atoms with Crippen LogP contribution in [0.3, 0.4) is 0 Å². The summed E-state index contributed by atoms with van der Waals surface area (Å²) in [4.78, 5) is 13.6. The first-order valence-corrected chi connectivity index (χ1v) is 9.92. The van der Waals surface area contributed by atoms with Crippen molar-refractivity contribution in [1.82, 2.24) is 4.31 Å². The minimum atomic E-state index is -3.66. The molecule has 2 rings (SSSR count). The molecule has 0 atom stereocenters. The van der Waals surface area contributed by atoms with Crippen LogP contribution in [0.5, 0.6) is 5.75 Å². The van der Waals surface area contributed by atoms with Crippen LogP contribution in [0.25, 0.3) is 0 Å². The van der Waals surface area contributed by atoms with Crippen LogP contribution in [0.1, 0.15) is 19.8 Å². The standard InChI is InChI=1S/C17H27N3O4S/c1-13-7-9-20(10-8-13)12-17(21)18-14-5-6-15(24-4)16(11-14)25(22,23)19(2)3/h5-6,11,13H,7-10,12H2,1-4H3,(H,18,21)/p+1. The van der Waals surface area contributed by atoms with Gasteiger partial charge in [0.1, 0.15) is 10.6 Å². The van der Waals surface area contributed by atoms with Crippen LogP contribution >= 0.6 is 0 Å². The van der Waals surface area contributed by atoms with E-state index in [1.165, 1.54) is 32.2 Å². The molecule has 1 aromatic rings. The van der Waals surface area contributed by atoms with E-state index in [0.717, 1.165) is 36.2 Å². The smallest absolute Gasteiger partial charge is 0.279 e. The molecule has 0 aromatic heterocycles. The van der Waals surface area contributed by atoms with Crippen LogP contribution in [0.2, 0.25) is 0 Å². The van der Waals surface area contributed by atoms with Crippen LogP contribution in [0, 0.1) is 5.92 Å². The van der Waals surface area contributed by atoms with E-state index in [1.54, 1.807) is 12.1 Å². The number of hydrogen-bond donors (Lipinski definition) is 2. The number of quaternary nitrogens is 1. The highest BCUT2D eigenvalue weighted by molar-refractivity contribution is 7.89. The van der Waals surface area contributed by atoms with Gasteiger partial charge in [-0.15, -0.1) is 0 Å². The van der Waals surface area contributed by atoms with Crippen LogP contribution in [0.4, 0.5) is 5.69 Å². The zero-order valence-corrected chi connectivity index (χ0v) is 16.1. The molecular weight excluding hydrogens is 342 g/mol. The predicted molar refractivity (Wildman–Crippen MR) is 96.5 cm³/mol. The molecule has 1 aliphatic heterocycles. The number of rotatable bonds is 6. The third-order valence-corrected chi connectivity index (χ3v) is 6.43. The molecule has 2 N–H and O–H groups in total. The van der Waals surface area contributed by atoms with Gasteiger partial charge in [0.15, 0.2) is 6.54 Å². The summed E-state index contributed by atoms with van der Waals surface area (Å²) in [5, 5.41) is 2.80. The Kier molecular flexibility index (Phi) is 6.42. The van der Waals surface area contributed by atoms with Gasteiger partial charge in [0, 0.05) is 19.8 Å². The minimum Gasteiger partial charge on any atom is -0.495 e. The van der Waals surface area contributed by atoms with Crippen LogP contribution < -0.4 is 15.0 Å². The number of nitrogens with one attached hydrogen (secondary N) is 2. The zero-order chi connectivity index (χ0) is 18.6. The average Bonchev–Trinajstić information content (AvgIpc) is 2.56. The van der Waals surface area contributed by atoms with Crippen molar-refractivity contribution in [3.63, 3.8) is 0 Å². The molecule has 140 valence electrons. The molecule has 0 bridgehead atoms. The first-order chi connectivity index (χ1) is 11.7. The molecule has 25 heavy (non-hydrogen) atoms. The Morgan fingerprint density at radius 1 is 1.32 bits per heavy atom. The molecular formula is C17H28N3O4S+. The van der Waals surface area contributed by atoms with E-state index in [2.05, 4.69) is 12.2 Å². The second-order valence-corrected chi connectivity index (χ2v) is 8.93. The molecule has 1 aromatic carbocycles. The highest BCUT2D eigenvalue weighted by Gasteiger charge is 2.24. The quantitative estimate of drug-likeness (QED) is 0.750. The van der Waals surface area contributed by atoms with Crippen molar-refractivity contribution in [2.24, 2.45) is 5.92 Å². The second kappa shape index (κ2) is 8.16. The Labute approximate surface area is 150 Å². The van der Waals surface area contributed by atoms with Gasteiger partial charge in [0.2, 0.25) is 10.0 Å². The first-order valence-electron chi connectivity index (χ1n) is 8.48. The fraction of sp³-hybridized carbons (Fsp3) is 0.588. The highest BCUT2D eigenvalue weighted by atomic mass is 32.2. The van der Waals surface area contributed by atoms with Crippen molar-refractivity contribution >= 4 is 21.6 Å². The van der Waals surface area contributed by atoms with Gasteiger partial charge in [-0.2, -0.15) is 0 Å². The number of ether oxygens (including phenoxy) is 1. The van der Waals surface area contributed by atoms with Crippen molar-refractivity contribution in [1.29, 1.82) is 0 Å². The second-order valence-electron chi connectivity index (χ2n) is 6.81. The maximum atomic E-state index is 12.4. The predicted octanol–water partition coefficient (Wildman–Crippen LogP) is 0.199. The van der Waals surface area contributed by atoms with Crippen molar-refractivity contribution in [3.8, 4) is 5.75 Å². The van der Waals surface area contributed by atoms with Gasteiger partial charge < -0.3 is 15.0 Å². The summed E-state index contributed by atoms with van der Waals surface area (Å²) in [5.41, 5.74) is 0.455. The Bertz CT molecular complexity index is 711. The van der Waals surface area contributed by atoms with E-state index < -0.39 is 10.0 Å². The Morgan fingerprint density at radius 2 is 1.96 bits per heavy atom. The summed E-state index contributed by atoms with van der Waals surface area (Å²) in [6.07, 6.45) is 2.27. The topological polar surface area (TPSA) is 80.1 Å². The number of hydrogen-bond acceptors (Lipinski definition) is 4. The van der Waals surface area contributed by atoms with Crippen LogP contribution in [0.15, 0.2) is 23.1 Å². The van der Waals surface area contributed by atoms with Gasteiger partial charge >= 0.3 is 0 Å². The first kappa shape index (κ1) is 19.7. The molecule has 1 saturated heterocycles. The van der Waals surface area contributed by atoms with E-state index in [-0.39, 0.29) is 16.6 Å². The number of carbonyl (C=O) groups excluding carboxylic acids is 1. The maximum Gasteiger partial charge on any atom is 0.279 e. The van der Waals surface area contributed by atoms with E-state index in [1.807, 2.05) is 0 Å². The number of sulfonamides is 1. The third kappa shape index (κ3) is 4.93. The van der Waals surface area contributed by atoms with Crippen LogP contribution in [-0.4, -0.2) is 59.5 Å². The summed E-state index contributed by atoms with van der Waals surface area (Å²) in [5.74, 6) is 0.873. The van der Waals surface area contributed by atoms with Crippen molar-refractivity contribution in [2.45, 2.75) is 24.7 Å². The third-order valence-electron chi connectivity index (χ3n) is 4.60.